The van der Waals surface area contributed by atoms with Crippen LogP contribution < -0.4 is 5.32 Å². The van der Waals surface area contributed by atoms with Crippen LogP contribution in [0.4, 0.5) is 0 Å². The Kier molecular flexibility index (Phi) is 6.52. The van der Waals surface area contributed by atoms with Crippen molar-refractivity contribution >= 4 is 22.7 Å². The van der Waals surface area contributed by atoms with E-state index in [0.29, 0.717) is 11.3 Å². The molecule has 0 saturated heterocycles. The lowest BCUT2D eigenvalue weighted by molar-refractivity contribution is 0.576. The molecule has 1 aromatic carbocycles. The van der Waals surface area contributed by atoms with Crippen molar-refractivity contribution in [2.45, 2.75) is 44.9 Å². The lowest BCUT2D eigenvalue weighted by atomic mass is 10.1. The molecule has 0 aliphatic carbocycles. The first kappa shape index (κ1) is 16.3. The summed E-state index contributed by atoms with van der Waals surface area (Å²) in [6.07, 6.45) is 4.42. The van der Waals surface area contributed by atoms with Crippen LogP contribution in [0, 0.1) is 0 Å². The summed E-state index contributed by atoms with van der Waals surface area (Å²) in [6.45, 7) is 7.83. The number of para-hydroxylation sites is 1. The van der Waals surface area contributed by atoms with Gasteiger partial charge in [-0.3, -0.25) is 4.98 Å². The summed E-state index contributed by atoms with van der Waals surface area (Å²) in [6, 6.07) is 11.0. The minimum absolute atomic E-state index is 0.390. The molecule has 114 valence electrons. The Balaban J connectivity index is 2.16. The van der Waals surface area contributed by atoms with Crippen molar-refractivity contribution in [3.63, 3.8) is 0 Å². The number of thioether (sulfide) groups is 1. The first-order valence-electron chi connectivity index (χ1n) is 7.94. The molecule has 0 radical (unpaired) electrons. The molecule has 2 atom stereocenters. The van der Waals surface area contributed by atoms with Crippen LogP contribution in [0.1, 0.15) is 45.2 Å². The maximum Gasteiger partial charge on any atom is 0.0702 e. The van der Waals surface area contributed by atoms with Crippen molar-refractivity contribution in [2.24, 2.45) is 0 Å². The van der Waals surface area contributed by atoms with Gasteiger partial charge < -0.3 is 5.32 Å². The number of nitrogens with zero attached hydrogens (tertiary/aromatic N) is 1. The van der Waals surface area contributed by atoms with Gasteiger partial charge in [0.15, 0.2) is 0 Å². The van der Waals surface area contributed by atoms with Gasteiger partial charge in [-0.1, -0.05) is 39.0 Å². The zero-order valence-corrected chi connectivity index (χ0v) is 14.1. The molecule has 1 aromatic heterocycles. The number of aromatic nitrogens is 1. The van der Waals surface area contributed by atoms with Gasteiger partial charge in [0.2, 0.25) is 0 Å². The lowest BCUT2D eigenvalue weighted by Crippen LogP contribution is -2.25. The molecule has 2 nitrogen and oxygen atoms in total. The van der Waals surface area contributed by atoms with Crippen LogP contribution in [0.15, 0.2) is 36.5 Å². The fourth-order valence-electron chi connectivity index (χ4n) is 2.25. The second-order valence-corrected chi connectivity index (χ2v) is 6.99. The van der Waals surface area contributed by atoms with E-state index in [1.807, 2.05) is 24.0 Å². The maximum atomic E-state index is 4.61. The van der Waals surface area contributed by atoms with Gasteiger partial charge in [0.25, 0.3) is 0 Å². The molecule has 1 N–H and O–H groups in total. The SMILES string of the molecule is CCCNC(CSC(C)CC)c1cnc2ccccc2c1. The monoisotopic (exact) mass is 302 g/mol. The fraction of sp³-hybridized carbons (Fsp3) is 0.500. The normalized spacial score (nSPS) is 14.2. The van der Waals surface area contributed by atoms with Gasteiger partial charge in [-0.15, -0.1) is 0 Å². The van der Waals surface area contributed by atoms with E-state index in [1.54, 1.807) is 0 Å². The maximum absolute atomic E-state index is 4.61. The van der Waals surface area contributed by atoms with Crippen LogP contribution >= 0.6 is 11.8 Å². The molecule has 0 fully saturated rings. The summed E-state index contributed by atoms with van der Waals surface area (Å²) in [7, 11) is 0. The van der Waals surface area contributed by atoms with Crippen LogP contribution in [-0.4, -0.2) is 22.5 Å². The zero-order chi connectivity index (χ0) is 15.1. The lowest BCUT2D eigenvalue weighted by Gasteiger charge is -2.20. The Morgan fingerprint density at radius 3 is 2.81 bits per heavy atom. The Labute approximate surface area is 132 Å². The van der Waals surface area contributed by atoms with Gasteiger partial charge >= 0.3 is 0 Å². The predicted molar refractivity (Wildman–Crippen MR) is 95.0 cm³/mol. The molecule has 3 heteroatoms. The Bertz CT molecular complexity index is 556. The minimum Gasteiger partial charge on any atom is -0.309 e. The number of fused-ring (bicyclic) bond motifs is 1. The van der Waals surface area contributed by atoms with Crippen molar-refractivity contribution in [3.05, 3.63) is 42.1 Å². The fourth-order valence-corrected chi connectivity index (χ4v) is 3.32. The van der Waals surface area contributed by atoms with Crippen molar-refractivity contribution in [1.82, 2.24) is 10.3 Å². The first-order chi connectivity index (χ1) is 10.2. The molecular weight excluding hydrogens is 276 g/mol. The summed E-state index contributed by atoms with van der Waals surface area (Å²) >= 11 is 2.04. The van der Waals surface area contributed by atoms with E-state index >= 15 is 0 Å². The Morgan fingerprint density at radius 2 is 2.05 bits per heavy atom. The highest BCUT2D eigenvalue weighted by atomic mass is 32.2. The van der Waals surface area contributed by atoms with Crippen molar-refractivity contribution in [3.8, 4) is 0 Å². The van der Waals surface area contributed by atoms with Crippen LogP contribution in [0.5, 0.6) is 0 Å². The van der Waals surface area contributed by atoms with Gasteiger partial charge in [0.1, 0.15) is 0 Å². The summed E-state index contributed by atoms with van der Waals surface area (Å²) < 4.78 is 0. The number of rotatable bonds is 8. The topological polar surface area (TPSA) is 24.9 Å². The second kappa shape index (κ2) is 8.40. The van der Waals surface area contributed by atoms with Crippen LogP contribution in [0.25, 0.3) is 10.9 Å². The van der Waals surface area contributed by atoms with Gasteiger partial charge in [0.05, 0.1) is 5.52 Å². The largest absolute Gasteiger partial charge is 0.309 e. The second-order valence-electron chi connectivity index (χ2n) is 5.52. The van der Waals surface area contributed by atoms with Crippen molar-refractivity contribution in [2.75, 3.05) is 12.3 Å². The number of pyridine rings is 1. The molecular formula is C18H26N2S. The number of benzene rings is 1. The summed E-state index contributed by atoms with van der Waals surface area (Å²) in [5.41, 5.74) is 2.38. The Hall–Kier alpha value is -1.06. The Morgan fingerprint density at radius 1 is 1.24 bits per heavy atom. The van der Waals surface area contributed by atoms with E-state index in [0.717, 1.165) is 24.2 Å². The molecule has 0 bridgehead atoms. The van der Waals surface area contributed by atoms with Gasteiger partial charge in [0, 0.05) is 28.6 Å². The van der Waals surface area contributed by atoms with Crippen LogP contribution in [0.3, 0.4) is 0 Å². The first-order valence-corrected chi connectivity index (χ1v) is 8.99. The highest BCUT2D eigenvalue weighted by molar-refractivity contribution is 7.99. The average molecular weight is 302 g/mol. The minimum atomic E-state index is 0.390. The standard InChI is InChI=1S/C18H26N2S/c1-4-10-19-18(13-21-14(3)5-2)16-11-15-8-6-7-9-17(15)20-12-16/h6-9,11-12,14,18-19H,4-5,10,13H2,1-3H3. The number of nitrogens with one attached hydrogen (secondary N) is 1. The third-order valence-electron chi connectivity index (χ3n) is 3.78. The number of hydrogen-bond acceptors (Lipinski definition) is 3. The number of hydrogen-bond donors (Lipinski definition) is 1. The average Bonchev–Trinajstić information content (AvgIpc) is 2.54. The molecule has 0 aliphatic rings. The molecule has 0 amide bonds. The molecule has 1 heterocycles. The van der Waals surface area contributed by atoms with E-state index in [9.17, 15) is 0 Å². The van der Waals surface area contributed by atoms with Crippen LogP contribution in [-0.2, 0) is 0 Å². The third kappa shape index (κ3) is 4.72. The van der Waals surface area contributed by atoms with Gasteiger partial charge in [-0.2, -0.15) is 11.8 Å². The highest BCUT2D eigenvalue weighted by Gasteiger charge is 2.13. The highest BCUT2D eigenvalue weighted by Crippen LogP contribution is 2.24. The van der Waals surface area contributed by atoms with Gasteiger partial charge in [-0.05, 0) is 37.1 Å². The third-order valence-corrected chi connectivity index (χ3v) is 5.21. The predicted octanol–water partition coefficient (Wildman–Crippen LogP) is 4.81. The molecule has 0 aliphatic heterocycles. The van der Waals surface area contributed by atoms with E-state index in [-0.39, 0.29) is 0 Å². The quantitative estimate of drug-likeness (QED) is 0.757. The van der Waals surface area contributed by atoms with Crippen molar-refractivity contribution < 1.29 is 0 Å². The summed E-state index contributed by atoms with van der Waals surface area (Å²) in [5, 5.41) is 5.61. The molecule has 2 unspecified atom stereocenters. The molecule has 0 spiro atoms. The summed E-state index contributed by atoms with van der Waals surface area (Å²) in [5.74, 6) is 1.11. The van der Waals surface area contributed by atoms with E-state index in [1.165, 1.54) is 17.4 Å². The van der Waals surface area contributed by atoms with Crippen LogP contribution in [0.2, 0.25) is 0 Å². The molecule has 2 aromatic rings. The van der Waals surface area contributed by atoms with Crippen molar-refractivity contribution in [1.29, 1.82) is 0 Å². The summed E-state index contributed by atoms with van der Waals surface area (Å²) in [4.78, 5) is 4.61. The zero-order valence-electron chi connectivity index (χ0n) is 13.3. The van der Waals surface area contributed by atoms with E-state index in [2.05, 4.69) is 55.3 Å². The van der Waals surface area contributed by atoms with Gasteiger partial charge in [-0.25, -0.2) is 0 Å². The smallest absolute Gasteiger partial charge is 0.0702 e. The van der Waals surface area contributed by atoms with E-state index < -0.39 is 0 Å². The molecule has 0 saturated carbocycles. The van der Waals surface area contributed by atoms with E-state index in [4.69, 9.17) is 0 Å². The molecule has 21 heavy (non-hydrogen) atoms. The molecule has 2 rings (SSSR count).